The number of hydrogen-bond donors (Lipinski definition) is 4. The van der Waals surface area contributed by atoms with Crippen molar-refractivity contribution in [3.05, 3.63) is 46.3 Å². The molecule has 170 valence electrons. The van der Waals surface area contributed by atoms with Crippen LogP contribution >= 0.6 is 0 Å². The van der Waals surface area contributed by atoms with E-state index in [0.29, 0.717) is 16.5 Å². The van der Waals surface area contributed by atoms with Crippen molar-refractivity contribution in [2.75, 3.05) is 13.7 Å². The van der Waals surface area contributed by atoms with Crippen LogP contribution in [-0.4, -0.2) is 70.6 Å². The number of fused-ring (bicyclic) bond motifs is 3. The maximum absolute atomic E-state index is 12.6. The zero-order valence-corrected chi connectivity index (χ0v) is 17.2. The highest BCUT2D eigenvalue weighted by atomic mass is 16.7. The summed E-state index contributed by atoms with van der Waals surface area (Å²) in [6.07, 6.45) is -7.59. The Balaban J connectivity index is 1.88. The molecule has 0 amide bonds. The van der Waals surface area contributed by atoms with Gasteiger partial charge in [0.25, 0.3) is 0 Å². The minimum atomic E-state index is -1.67. The van der Waals surface area contributed by atoms with Gasteiger partial charge in [0.2, 0.25) is 6.29 Å². The molecule has 1 saturated heterocycles. The number of ether oxygens (including phenoxy) is 3. The van der Waals surface area contributed by atoms with E-state index in [1.165, 1.54) is 20.1 Å². The van der Waals surface area contributed by atoms with Crippen molar-refractivity contribution < 1.29 is 43.8 Å². The van der Waals surface area contributed by atoms with Crippen molar-refractivity contribution >= 4 is 27.5 Å². The molecule has 4 rings (SSSR count). The zero-order chi connectivity index (χ0) is 23.2. The van der Waals surface area contributed by atoms with E-state index in [2.05, 4.69) is 0 Å². The third-order valence-corrected chi connectivity index (χ3v) is 5.49. The molecule has 4 N–H and O–H groups in total. The van der Waals surface area contributed by atoms with E-state index in [1.807, 2.05) is 0 Å². The lowest BCUT2D eigenvalue weighted by Gasteiger charge is -2.39. The van der Waals surface area contributed by atoms with Gasteiger partial charge in [-0.15, -0.1) is 0 Å². The second-order valence-electron chi connectivity index (χ2n) is 7.46. The van der Waals surface area contributed by atoms with Gasteiger partial charge in [0.15, 0.2) is 11.4 Å². The highest BCUT2D eigenvalue weighted by molar-refractivity contribution is 6.15. The largest absolute Gasteiger partial charge is 0.496 e. The number of rotatable bonds is 5. The molecule has 0 aliphatic carbocycles. The maximum Gasteiger partial charge on any atom is 0.344 e. The molecule has 0 spiro atoms. The van der Waals surface area contributed by atoms with Crippen molar-refractivity contribution in [2.24, 2.45) is 0 Å². The summed E-state index contributed by atoms with van der Waals surface area (Å²) in [5.41, 5.74) is -0.801. The number of aliphatic hydroxyl groups is 4. The minimum absolute atomic E-state index is 0.0402. The molecule has 10 nitrogen and oxygen atoms in total. The maximum atomic E-state index is 12.6. The van der Waals surface area contributed by atoms with Gasteiger partial charge >= 0.3 is 5.63 Å². The molecule has 3 aromatic rings. The summed E-state index contributed by atoms with van der Waals surface area (Å²) in [7, 11) is 1.46. The SMILES string of the molecule is COc1cccc2c(=O)oc3c(C(C)=O)c(O[C@@H]4O[C@H](CO)[C@@H](O)[C@H](O)[C@H]4O)ccc3c12. The zero-order valence-electron chi connectivity index (χ0n) is 17.2. The monoisotopic (exact) mass is 446 g/mol. The van der Waals surface area contributed by atoms with E-state index in [1.54, 1.807) is 24.3 Å². The Labute approximate surface area is 181 Å². The molecule has 10 heteroatoms. The molecule has 2 aromatic carbocycles. The fourth-order valence-electron chi connectivity index (χ4n) is 3.89. The predicted octanol–water partition coefficient (Wildman–Crippen LogP) is 0.336. The summed E-state index contributed by atoms with van der Waals surface area (Å²) in [5, 5.41) is 40.7. The van der Waals surface area contributed by atoms with E-state index in [-0.39, 0.29) is 22.3 Å². The molecule has 0 unspecified atom stereocenters. The Morgan fingerprint density at radius 3 is 2.44 bits per heavy atom. The van der Waals surface area contributed by atoms with Crippen LogP contribution in [0.15, 0.2) is 39.5 Å². The standard InChI is InChI=1S/C22H22O10/c1-9(24)15-13(30-22-19(27)18(26)17(25)14(8-23)31-22)7-6-10-16-11(21(28)32-20(10)15)4-3-5-12(16)29-2/h3-7,14,17-19,22-23,25-27H,8H2,1-2H3/t14-,17-,18+,19-,22-/m1/s1. The lowest BCUT2D eigenvalue weighted by Crippen LogP contribution is -2.60. The van der Waals surface area contributed by atoms with Gasteiger partial charge in [0.1, 0.15) is 41.5 Å². The number of Topliss-reactive ketones (excluding diaryl/α,β-unsaturated/α-hetero) is 1. The lowest BCUT2D eigenvalue weighted by atomic mass is 9.99. The summed E-state index contributed by atoms with van der Waals surface area (Å²) in [4.78, 5) is 25.2. The van der Waals surface area contributed by atoms with Crippen molar-refractivity contribution in [2.45, 2.75) is 37.6 Å². The molecule has 0 radical (unpaired) electrons. The molecule has 1 fully saturated rings. The van der Waals surface area contributed by atoms with Gasteiger partial charge in [0, 0.05) is 10.8 Å². The first-order valence-electron chi connectivity index (χ1n) is 9.83. The Kier molecular flexibility index (Phi) is 5.89. The summed E-state index contributed by atoms with van der Waals surface area (Å²) in [5.74, 6) is -0.156. The van der Waals surface area contributed by atoms with Crippen LogP contribution in [-0.2, 0) is 4.74 Å². The minimum Gasteiger partial charge on any atom is -0.496 e. The molecule has 32 heavy (non-hydrogen) atoms. The molecule has 1 aromatic heterocycles. The smallest absolute Gasteiger partial charge is 0.344 e. The molecule has 0 saturated carbocycles. The molecule has 1 aliphatic rings. The highest BCUT2D eigenvalue weighted by Gasteiger charge is 2.45. The van der Waals surface area contributed by atoms with E-state index in [0.717, 1.165) is 0 Å². The van der Waals surface area contributed by atoms with Crippen LogP contribution in [0.25, 0.3) is 21.7 Å². The normalized spacial score (nSPS) is 25.8. The van der Waals surface area contributed by atoms with Crippen LogP contribution < -0.4 is 15.1 Å². The number of aliphatic hydroxyl groups excluding tert-OH is 4. The van der Waals surface area contributed by atoms with Crippen molar-refractivity contribution in [3.8, 4) is 11.5 Å². The average molecular weight is 446 g/mol. The van der Waals surface area contributed by atoms with Gasteiger partial charge in [-0.25, -0.2) is 4.79 Å². The van der Waals surface area contributed by atoms with Crippen molar-refractivity contribution in [1.29, 1.82) is 0 Å². The first kappa shape index (κ1) is 22.2. The summed E-state index contributed by atoms with van der Waals surface area (Å²) < 4.78 is 21.9. The Morgan fingerprint density at radius 1 is 1.03 bits per heavy atom. The molecule has 2 heterocycles. The Bertz CT molecular complexity index is 1230. The van der Waals surface area contributed by atoms with Gasteiger partial charge < -0.3 is 39.1 Å². The quantitative estimate of drug-likeness (QED) is 0.245. The lowest BCUT2D eigenvalue weighted by molar-refractivity contribution is -0.277. The van der Waals surface area contributed by atoms with Gasteiger partial charge in [-0.3, -0.25) is 4.79 Å². The van der Waals surface area contributed by atoms with E-state index < -0.39 is 48.7 Å². The Hall–Kier alpha value is -3.02. The molecular formula is C22H22O10. The van der Waals surface area contributed by atoms with Crippen LogP contribution in [0.4, 0.5) is 0 Å². The molecule has 1 aliphatic heterocycles. The average Bonchev–Trinajstić information content (AvgIpc) is 2.78. The first-order valence-corrected chi connectivity index (χ1v) is 9.83. The van der Waals surface area contributed by atoms with Gasteiger partial charge in [-0.05, 0) is 31.2 Å². The Morgan fingerprint density at radius 2 is 1.78 bits per heavy atom. The van der Waals surface area contributed by atoms with Crippen molar-refractivity contribution in [3.63, 3.8) is 0 Å². The van der Waals surface area contributed by atoms with E-state index >= 15 is 0 Å². The van der Waals surface area contributed by atoms with E-state index in [4.69, 9.17) is 18.6 Å². The van der Waals surface area contributed by atoms with Gasteiger partial charge in [0.05, 0.1) is 19.1 Å². The highest BCUT2D eigenvalue weighted by Crippen LogP contribution is 2.37. The van der Waals surface area contributed by atoms with E-state index in [9.17, 15) is 30.0 Å². The summed E-state index contributed by atoms with van der Waals surface area (Å²) in [6.45, 7) is 0.615. The fourth-order valence-corrected chi connectivity index (χ4v) is 3.89. The van der Waals surface area contributed by atoms with Gasteiger partial charge in [-0.1, -0.05) is 6.07 Å². The predicted molar refractivity (Wildman–Crippen MR) is 111 cm³/mol. The summed E-state index contributed by atoms with van der Waals surface area (Å²) in [6, 6.07) is 7.90. The topological polar surface area (TPSA) is 156 Å². The molecular weight excluding hydrogens is 424 g/mol. The number of hydrogen-bond acceptors (Lipinski definition) is 10. The number of benzene rings is 2. The van der Waals surface area contributed by atoms with Crippen LogP contribution in [0.1, 0.15) is 17.3 Å². The van der Waals surface area contributed by atoms with Gasteiger partial charge in [-0.2, -0.15) is 0 Å². The van der Waals surface area contributed by atoms with Crippen molar-refractivity contribution in [1.82, 2.24) is 0 Å². The fraction of sp³-hybridized carbons (Fsp3) is 0.364. The molecule has 5 atom stereocenters. The number of carbonyl (C=O) groups is 1. The second kappa shape index (κ2) is 8.49. The first-order chi connectivity index (χ1) is 15.3. The van der Waals surface area contributed by atoms with Crippen LogP contribution in [0.3, 0.4) is 0 Å². The van der Waals surface area contributed by atoms with Crippen LogP contribution in [0, 0.1) is 0 Å². The third kappa shape index (κ3) is 3.51. The second-order valence-corrected chi connectivity index (χ2v) is 7.46. The number of carbonyl (C=O) groups excluding carboxylic acids is 1. The third-order valence-electron chi connectivity index (χ3n) is 5.49. The van der Waals surface area contributed by atoms with Crippen LogP contribution in [0.5, 0.6) is 11.5 Å². The number of methoxy groups -OCH3 is 1. The number of ketones is 1. The molecule has 0 bridgehead atoms. The summed E-state index contributed by atoms with van der Waals surface area (Å²) >= 11 is 0. The van der Waals surface area contributed by atoms with Crippen LogP contribution in [0.2, 0.25) is 0 Å².